The van der Waals surface area contributed by atoms with E-state index >= 15 is 0 Å². The Labute approximate surface area is 141 Å². The van der Waals surface area contributed by atoms with Gasteiger partial charge in [-0.15, -0.1) is 0 Å². The van der Waals surface area contributed by atoms with E-state index in [1.165, 1.54) is 0 Å². The Kier molecular flexibility index (Phi) is 7.48. The van der Waals surface area contributed by atoms with Crippen molar-refractivity contribution in [2.24, 2.45) is 0 Å². The van der Waals surface area contributed by atoms with E-state index in [0.717, 1.165) is 0 Å². The minimum absolute atomic E-state index is 0.136. The van der Waals surface area contributed by atoms with Crippen LogP contribution in [0.3, 0.4) is 0 Å². The lowest BCUT2D eigenvalue weighted by Crippen LogP contribution is -2.43. The van der Waals surface area contributed by atoms with Crippen molar-refractivity contribution in [1.82, 2.24) is 0 Å². The highest BCUT2D eigenvalue weighted by molar-refractivity contribution is 6.74. The van der Waals surface area contributed by atoms with Crippen LogP contribution in [-0.2, 0) is 23.4 Å². The molecule has 0 aromatic carbocycles. The van der Waals surface area contributed by atoms with Gasteiger partial charge in [0.15, 0.2) is 6.29 Å². The van der Waals surface area contributed by atoms with Crippen LogP contribution in [0, 0.1) is 0 Å². The van der Waals surface area contributed by atoms with Crippen molar-refractivity contribution in [2.75, 3.05) is 20.5 Å². The summed E-state index contributed by atoms with van der Waals surface area (Å²) in [6, 6.07) is 0. The molecule has 1 saturated heterocycles. The molecule has 0 aromatic heterocycles. The maximum atomic E-state index is 6.14. The standard InChI is InChI=1S/C17H32O5Si/c1-13(22-23(7,8)17(3,4)5)9-10-15-16(20-12-18-6)11-19-14(2)21-15/h9-10,14-16H,1,11-12H2,2-8H3/b10-9+. The molecule has 1 rings (SSSR count). The second kappa shape index (κ2) is 8.44. The second-order valence-electron chi connectivity index (χ2n) is 7.30. The summed E-state index contributed by atoms with van der Waals surface area (Å²) in [6.45, 7) is 17.6. The van der Waals surface area contributed by atoms with Crippen molar-refractivity contribution < 1.29 is 23.4 Å². The van der Waals surface area contributed by atoms with Crippen LogP contribution in [0.25, 0.3) is 0 Å². The Balaban J connectivity index is 2.66. The van der Waals surface area contributed by atoms with Gasteiger partial charge in [-0.05, 0) is 37.2 Å². The molecule has 3 unspecified atom stereocenters. The predicted molar refractivity (Wildman–Crippen MR) is 93.6 cm³/mol. The third-order valence-corrected chi connectivity index (χ3v) is 8.66. The summed E-state index contributed by atoms with van der Waals surface area (Å²) in [4.78, 5) is 0. The molecule has 23 heavy (non-hydrogen) atoms. The molecule has 1 heterocycles. The number of allylic oxidation sites excluding steroid dienone is 1. The van der Waals surface area contributed by atoms with Gasteiger partial charge in [-0.2, -0.15) is 0 Å². The first-order valence-corrected chi connectivity index (χ1v) is 10.9. The molecule has 3 atom stereocenters. The number of methoxy groups -OCH3 is 1. The molecule has 5 nitrogen and oxygen atoms in total. The molecule has 0 bridgehead atoms. The largest absolute Gasteiger partial charge is 0.544 e. The van der Waals surface area contributed by atoms with E-state index in [4.69, 9.17) is 23.4 Å². The van der Waals surface area contributed by atoms with Gasteiger partial charge in [0.1, 0.15) is 19.0 Å². The molecule has 134 valence electrons. The highest BCUT2D eigenvalue weighted by atomic mass is 28.4. The minimum Gasteiger partial charge on any atom is -0.544 e. The van der Waals surface area contributed by atoms with Gasteiger partial charge in [0.25, 0.3) is 0 Å². The molecule has 0 aromatic rings. The first kappa shape index (κ1) is 20.4. The van der Waals surface area contributed by atoms with Crippen LogP contribution >= 0.6 is 0 Å². The van der Waals surface area contributed by atoms with E-state index in [2.05, 4.69) is 40.4 Å². The van der Waals surface area contributed by atoms with Crippen molar-refractivity contribution in [2.45, 2.75) is 64.3 Å². The Morgan fingerprint density at radius 3 is 2.57 bits per heavy atom. The fraction of sp³-hybridized carbons (Fsp3) is 0.765. The van der Waals surface area contributed by atoms with Crippen molar-refractivity contribution in [3.8, 4) is 0 Å². The first-order valence-electron chi connectivity index (χ1n) is 8.00. The number of hydrogen-bond donors (Lipinski definition) is 0. The number of hydrogen-bond acceptors (Lipinski definition) is 5. The molecule has 0 saturated carbocycles. The summed E-state index contributed by atoms with van der Waals surface area (Å²) in [7, 11) is -0.284. The smallest absolute Gasteiger partial charge is 0.250 e. The maximum absolute atomic E-state index is 6.14. The van der Waals surface area contributed by atoms with E-state index < -0.39 is 8.32 Å². The molecule has 6 heteroatoms. The van der Waals surface area contributed by atoms with E-state index in [-0.39, 0.29) is 30.3 Å². The zero-order chi connectivity index (χ0) is 17.7. The Hall–Kier alpha value is -0.663. The van der Waals surface area contributed by atoms with E-state index in [1.54, 1.807) is 7.11 Å². The summed E-state index contributed by atoms with van der Waals surface area (Å²) in [6.07, 6.45) is 3.11. The van der Waals surface area contributed by atoms with Gasteiger partial charge in [0.05, 0.1) is 12.4 Å². The summed E-state index contributed by atoms with van der Waals surface area (Å²) < 4.78 is 27.9. The fourth-order valence-corrected chi connectivity index (χ4v) is 2.89. The molecule has 1 aliphatic heterocycles. The van der Waals surface area contributed by atoms with Crippen molar-refractivity contribution in [3.05, 3.63) is 24.5 Å². The summed E-state index contributed by atoms with van der Waals surface area (Å²) in [5, 5.41) is 0.136. The monoisotopic (exact) mass is 344 g/mol. The van der Waals surface area contributed by atoms with Crippen molar-refractivity contribution >= 4 is 8.32 Å². The van der Waals surface area contributed by atoms with E-state index in [9.17, 15) is 0 Å². The molecule has 1 fully saturated rings. The quantitative estimate of drug-likeness (QED) is 0.304. The number of ether oxygens (including phenoxy) is 4. The summed E-state index contributed by atoms with van der Waals surface area (Å²) in [5.41, 5.74) is 0. The van der Waals surface area contributed by atoms with Gasteiger partial charge in [0.2, 0.25) is 8.32 Å². The topological polar surface area (TPSA) is 46.2 Å². The van der Waals surface area contributed by atoms with Crippen LogP contribution in [-0.4, -0.2) is 47.3 Å². The van der Waals surface area contributed by atoms with Crippen LogP contribution < -0.4 is 0 Å². The Bertz CT molecular complexity index is 412. The first-order chi connectivity index (χ1) is 10.6. The molecular formula is C17H32O5Si. The van der Waals surface area contributed by atoms with Crippen LogP contribution in [0.4, 0.5) is 0 Å². The van der Waals surface area contributed by atoms with Gasteiger partial charge in [-0.3, -0.25) is 0 Å². The molecule has 0 aliphatic carbocycles. The zero-order valence-electron chi connectivity index (χ0n) is 15.5. The summed E-state index contributed by atoms with van der Waals surface area (Å²) >= 11 is 0. The van der Waals surface area contributed by atoms with Crippen LogP contribution in [0.1, 0.15) is 27.7 Å². The van der Waals surface area contributed by atoms with E-state index in [0.29, 0.717) is 12.4 Å². The highest BCUT2D eigenvalue weighted by Gasteiger charge is 2.39. The molecule has 0 amide bonds. The predicted octanol–water partition coefficient (Wildman–Crippen LogP) is 3.83. The molecule has 0 N–H and O–H groups in total. The lowest BCUT2D eigenvalue weighted by Gasteiger charge is -2.37. The zero-order valence-corrected chi connectivity index (χ0v) is 16.5. The maximum Gasteiger partial charge on any atom is 0.250 e. The average molecular weight is 345 g/mol. The number of rotatable bonds is 7. The van der Waals surface area contributed by atoms with Crippen molar-refractivity contribution in [1.29, 1.82) is 0 Å². The van der Waals surface area contributed by atoms with Gasteiger partial charge >= 0.3 is 0 Å². The normalized spacial score (nSPS) is 26.5. The van der Waals surface area contributed by atoms with E-state index in [1.807, 2.05) is 19.1 Å². The molecule has 0 radical (unpaired) electrons. The molecular weight excluding hydrogens is 312 g/mol. The lowest BCUT2D eigenvalue weighted by atomic mass is 10.1. The molecule has 1 aliphatic rings. The van der Waals surface area contributed by atoms with Gasteiger partial charge < -0.3 is 23.4 Å². The molecule has 0 spiro atoms. The van der Waals surface area contributed by atoms with Gasteiger partial charge in [-0.25, -0.2) is 0 Å². The third kappa shape index (κ3) is 6.39. The third-order valence-electron chi connectivity index (χ3n) is 4.27. The summed E-state index contributed by atoms with van der Waals surface area (Å²) in [5.74, 6) is 0.657. The van der Waals surface area contributed by atoms with Crippen LogP contribution in [0.15, 0.2) is 24.5 Å². The van der Waals surface area contributed by atoms with Crippen LogP contribution in [0.2, 0.25) is 18.1 Å². The SMILES string of the molecule is C=C(/C=C/C1OC(C)OCC1OCOC)O[Si](C)(C)C(C)(C)C. The van der Waals surface area contributed by atoms with Gasteiger partial charge in [-0.1, -0.05) is 27.4 Å². The Morgan fingerprint density at radius 1 is 1.35 bits per heavy atom. The fourth-order valence-electron chi connectivity index (χ4n) is 1.86. The highest BCUT2D eigenvalue weighted by Crippen LogP contribution is 2.37. The Morgan fingerprint density at radius 2 is 2.00 bits per heavy atom. The van der Waals surface area contributed by atoms with Crippen molar-refractivity contribution in [3.63, 3.8) is 0 Å². The average Bonchev–Trinajstić information content (AvgIpc) is 2.42. The lowest BCUT2D eigenvalue weighted by molar-refractivity contribution is -0.253. The van der Waals surface area contributed by atoms with Crippen LogP contribution in [0.5, 0.6) is 0 Å². The second-order valence-corrected chi connectivity index (χ2v) is 12.0. The minimum atomic E-state index is -1.87. The van der Waals surface area contributed by atoms with Gasteiger partial charge in [0, 0.05) is 7.11 Å².